The molecule has 112 valence electrons. The molecule has 1 N–H and O–H groups in total. The lowest BCUT2D eigenvalue weighted by atomic mass is 10.1. The number of nitrogens with one attached hydrogen (secondary N) is 1. The molecule has 0 spiro atoms. The molecule has 0 aliphatic heterocycles. The van der Waals surface area contributed by atoms with Gasteiger partial charge in [-0.2, -0.15) is 9.97 Å². The van der Waals surface area contributed by atoms with Crippen LogP contribution in [0.25, 0.3) is 0 Å². The molecule has 0 saturated carbocycles. The molecule has 0 saturated heterocycles. The average Bonchev–Trinajstić information content (AvgIpc) is 2.53. The fourth-order valence-electron chi connectivity index (χ4n) is 1.80. The number of ether oxygens (including phenoxy) is 2. The summed E-state index contributed by atoms with van der Waals surface area (Å²) in [6, 6.07) is 8.36. The van der Waals surface area contributed by atoms with Gasteiger partial charge >= 0.3 is 12.0 Å². The number of anilines is 1. The normalized spacial score (nSPS) is 10.2. The number of methoxy groups -OCH3 is 1. The molecule has 0 unspecified atom stereocenters. The molecule has 1 aromatic heterocycles. The Hall–Kier alpha value is -2.37. The van der Waals surface area contributed by atoms with Gasteiger partial charge < -0.3 is 14.8 Å². The molecule has 1 heterocycles. The van der Waals surface area contributed by atoms with Gasteiger partial charge in [0.05, 0.1) is 7.11 Å². The molecule has 21 heavy (non-hydrogen) atoms. The van der Waals surface area contributed by atoms with Gasteiger partial charge in [0.15, 0.2) is 0 Å². The van der Waals surface area contributed by atoms with Gasteiger partial charge in [-0.15, -0.1) is 4.98 Å². The SMILES string of the molecule is CCCCc1ccc(Oc2nc(NC)nc(OC)n2)cc1. The Kier molecular flexibility index (Phi) is 5.31. The first-order valence-electron chi connectivity index (χ1n) is 6.99. The summed E-state index contributed by atoms with van der Waals surface area (Å²) in [7, 11) is 3.22. The number of nitrogens with zero attached hydrogens (tertiary/aromatic N) is 3. The van der Waals surface area contributed by atoms with Gasteiger partial charge in [0.2, 0.25) is 5.95 Å². The van der Waals surface area contributed by atoms with Crippen molar-refractivity contribution in [3.63, 3.8) is 0 Å². The number of hydrogen-bond acceptors (Lipinski definition) is 6. The van der Waals surface area contributed by atoms with Crippen molar-refractivity contribution in [1.82, 2.24) is 15.0 Å². The van der Waals surface area contributed by atoms with Crippen molar-refractivity contribution < 1.29 is 9.47 Å². The van der Waals surface area contributed by atoms with Gasteiger partial charge in [-0.3, -0.25) is 0 Å². The van der Waals surface area contributed by atoms with E-state index in [1.54, 1.807) is 7.05 Å². The van der Waals surface area contributed by atoms with E-state index in [1.807, 2.05) is 12.1 Å². The van der Waals surface area contributed by atoms with Crippen LogP contribution in [0, 0.1) is 0 Å². The van der Waals surface area contributed by atoms with Gasteiger partial charge in [0.1, 0.15) is 5.75 Å². The zero-order valence-corrected chi connectivity index (χ0v) is 12.6. The highest BCUT2D eigenvalue weighted by atomic mass is 16.5. The van der Waals surface area contributed by atoms with Crippen LogP contribution >= 0.6 is 0 Å². The Balaban J connectivity index is 2.10. The van der Waals surface area contributed by atoms with E-state index in [1.165, 1.54) is 25.5 Å². The molecule has 0 bridgehead atoms. The maximum absolute atomic E-state index is 5.64. The first-order valence-corrected chi connectivity index (χ1v) is 6.99. The van der Waals surface area contributed by atoms with Crippen molar-refractivity contribution in [2.75, 3.05) is 19.5 Å². The van der Waals surface area contributed by atoms with E-state index in [9.17, 15) is 0 Å². The van der Waals surface area contributed by atoms with Gasteiger partial charge in [0.25, 0.3) is 0 Å². The van der Waals surface area contributed by atoms with Gasteiger partial charge in [-0.1, -0.05) is 25.5 Å². The van der Waals surface area contributed by atoms with Crippen LogP contribution in [0.2, 0.25) is 0 Å². The summed E-state index contributed by atoms with van der Waals surface area (Å²) >= 11 is 0. The van der Waals surface area contributed by atoms with E-state index in [2.05, 4.69) is 39.3 Å². The standard InChI is InChI=1S/C15H20N4O2/c1-4-5-6-11-7-9-12(10-8-11)21-15-18-13(16-2)17-14(19-15)20-3/h7-10H,4-6H2,1-3H3,(H,16,17,18,19). The molecule has 2 aromatic rings. The van der Waals surface area contributed by atoms with Crippen molar-refractivity contribution in [1.29, 1.82) is 0 Å². The summed E-state index contributed by atoms with van der Waals surface area (Å²) in [5.74, 6) is 1.09. The summed E-state index contributed by atoms with van der Waals surface area (Å²) in [4.78, 5) is 12.2. The molecule has 6 nitrogen and oxygen atoms in total. The second-order valence-corrected chi connectivity index (χ2v) is 4.53. The van der Waals surface area contributed by atoms with Crippen molar-refractivity contribution in [3.8, 4) is 17.8 Å². The largest absolute Gasteiger partial charge is 0.467 e. The van der Waals surface area contributed by atoms with Crippen molar-refractivity contribution in [2.45, 2.75) is 26.2 Å². The van der Waals surface area contributed by atoms with Crippen molar-refractivity contribution in [2.24, 2.45) is 0 Å². The molecule has 0 atom stereocenters. The highest BCUT2D eigenvalue weighted by molar-refractivity contribution is 5.31. The molecule has 2 rings (SSSR count). The van der Waals surface area contributed by atoms with Crippen LogP contribution in [0.1, 0.15) is 25.3 Å². The Morgan fingerprint density at radius 1 is 1.05 bits per heavy atom. The van der Waals surface area contributed by atoms with Crippen LogP contribution in [0.5, 0.6) is 17.8 Å². The number of rotatable bonds is 7. The second kappa shape index (κ2) is 7.42. The summed E-state index contributed by atoms with van der Waals surface area (Å²) in [6.07, 6.45) is 3.46. The van der Waals surface area contributed by atoms with E-state index >= 15 is 0 Å². The highest BCUT2D eigenvalue weighted by Crippen LogP contribution is 2.21. The zero-order chi connectivity index (χ0) is 15.1. The summed E-state index contributed by atoms with van der Waals surface area (Å²) in [6.45, 7) is 2.19. The van der Waals surface area contributed by atoms with Crippen LogP contribution in [-0.4, -0.2) is 29.1 Å². The minimum atomic E-state index is 0.201. The lowest BCUT2D eigenvalue weighted by Crippen LogP contribution is -2.03. The van der Waals surface area contributed by atoms with Gasteiger partial charge in [0, 0.05) is 7.05 Å². The maximum Gasteiger partial charge on any atom is 0.330 e. The zero-order valence-electron chi connectivity index (χ0n) is 12.6. The lowest BCUT2D eigenvalue weighted by molar-refractivity contribution is 0.360. The quantitative estimate of drug-likeness (QED) is 0.844. The molecule has 0 radical (unpaired) electrons. The number of aromatic nitrogens is 3. The Labute approximate surface area is 124 Å². The molecule has 0 aliphatic carbocycles. The van der Waals surface area contributed by atoms with Crippen LogP contribution in [-0.2, 0) is 6.42 Å². The third-order valence-corrected chi connectivity index (χ3v) is 2.95. The fraction of sp³-hybridized carbons (Fsp3) is 0.400. The monoisotopic (exact) mass is 288 g/mol. The fourth-order valence-corrected chi connectivity index (χ4v) is 1.80. The minimum Gasteiger partial charge on any atom is -0.467 e. The predicted molar refractivity (Wildman–Crippen MR) is 81.1 cm³/mol. The second-order valence-electron chi connectivity index (χ2n) is 4.53. The molecule has 6 heteroatoms. The summed E-state index contributed by atoms with van der Waals surface area (Å²) in [5, 5.41) is 2.84. The first kappa shape index (κ1) is 15.0. The maximum atomic E-state index is 5.64. The minimum absolute atomic E-state index is 0.201. The molecule has 0 amide bonds. The van der Waals surface area contributed by atoms with Crippen molar-refractivity contribution >= 4 is 5.95 Å². The number of hydrogen-bond donors (Lipinski definition) is 1. The molecular weight excluding hydrogens is 268 g/mol. The van der Waals surface area contributed by atoms with E-state index in [-0.39, 0.29) is 12.0 Å². The van der Waals surface area contributed by atoms with Crippen molar-refractivity contribution in [3.05, 3.63) is 29.8 Å². The first-order chi connectivity index (χ1) is 10.2. The highest BCUT2D eigenvalue weighted by Gasteiger charge is 2.08. The van der Waals surface area contributed by atoms with Crippen LogP contribution in [0.3, 0.4) is 0 Å². The molecule has 1 aromatic carbocycles. The van der Waals surface area contributed by atoms with Gasteiger partial charge in [-0.05, 0) is 30.5 Å². The lowest BCUT2D eigenvalue weighted by Gasteiger charge is -2.07. The summed E-state index contributed by atoms with van der Waals surface area (Å²) < 4.78 is 10.7. The number of benzene rings is 1. The van der Waals surface area contributed by atoms with Crippen LogP contribution in [0.15, 0.2) is 24.3 Å². The van der Waals surface area contributed by atoms with Crippen LogP contribution in [0.4, 0.5) is 5.95 Å². The predicted octanol–water partition coefficient (Wildman–Crippen LogP) is 3.06. The summed E-state index contributed by atoms with van der Waals surface area (Å²) in [5.41, 5.74) is 1.30. The van der Waals surface area contributed by atoms with E-state index in [4.69, 9.17) is 9.47 Å². The molecule has 0 fully saturated rings. The van der Waals surface area contributed by atoms with E-state index in [0.29, 0.717) is 11.7 Å². The third kappa shape index (κ3) is 4.30. The smallest absolute Gasteiger partial charge is 0.330 e. The number of unbranched alkanes of at least 4 members (excludes halogenated alkanes) is 1. The number of aryl methyl sites for hydroxylation is 1. The topological polar surface area (TPSA) is 69.2 Å². The third-order valence-electron chi connectivity index (χ3n) is 2.95. The van der Waals surface area contributed by atoms with Crippen LogP contribution < -0.4 is 14.8 Å². The van der Waals surface area contributed by atoms with Gasteiger partial charge in [-0.25, -0.2) is 0 Å². The molecule has 0 aliphatic rings. The molecular formula is C15H20N4O2. The van der Waals surface area contributed by atoms with E-state index in [0.717, 1.165) is 6.42 Å². The Morgan fingerprint density at radius 2 is 1.76 bits per heavy atom. The Bertz CT molecular complexity index is 550. The Morgan fingerprint density at radius 3 is 2.38 bits per heavy atom. The van der Waals surface area contributed by atoms with E-state index < -0.39 is 0 Å². The average molecular weight is 288 g/mol.